The molecule has 1 heterocycles. The Hall–Kier alpha value is -2.48. The second-order valence-electron chi connectivity index (χ2n) is 7.00. The highest BCUT2D eigenvalue weighted by atomic mass is 16.5. The summed E-state index contributed by atoms with van der Waals surface area (Å²) in [5.74, 6) is 0.499. The quantitative estimate of drug-likeness (QED) is 0.622. The van der Waals surface area contributed by atoms with Gasteiger partial charge in [0.15, 0.2) is 23.0 Å². The van der Waals surface area contributed by atoms with Gasteiger partial charge >= 0.3 is 0 Å². The molecule has 0 aromatic heterocycles. The van der Waals surface area contributed by atoms with Crippen LogP contribution in [-0.4, -0.2) is 49.4 Å². The molecule has 1 fully saturated rings. The van der Waals surface area contributed by atoms with Crippen LogP contribution < -0.4 is 9.47 Å². The van der Waals surface area contributed by atoms with Crippen molar-refractivity contribution >= 4 is 0 Å². The first-order valence-corrected chi connectivity index (χ1v) is 9.61. The number of ether oxygens (including phenoxy) is 4. The number of hydrogen-bond acceptors (Lipinski definition) is 7. The first-order chi connectivity index (χ1) is 14.0. The van der Waals surface area contributed by atoms with E-state index in [1.807, 2.05) is 6.92 Å². The van der Waals surface area contributed by atoms with E-state index in [9.17, 15) is 15.3 Å². The van der Waals surface area contributed by atoms with Crippen molar-refractivity contribution in [3.8, 4) is 23.0 Å². The molecule has 1 aliphatic rings. The Labute approximate surface area is 170 Å². The van der Waals surface area contributed by atoms with E-state index in [1.54, 1.807) is 36.4 Å². The van der Waals surface area contributed by atoms with Gasteiger partial charge in [-0.15, -0.1) is 0 Å². The van der Waals surface area contributed by atoms with Crippen LogP contribution in [0.4, 0.5) is 0 Å². The first kappa shape index (κ1) is 21.2. The number of hydrogen-bond donors (Lipinski definition) is 3. The van der Waals surface area contributed by atoms with Gasteiger partial charge < -0.3 is 34.3 Å². The molecule has 7 heteroatoms. The number of benzene rings is 2. The Morgan fingerprint density at radius 3 is 2.31 bits per heavy atom. The third-order valence-electron chi connectivity index (χ3n) is 5.42. The minimum absolute atomic E-state index is 0.0507. The van der Waals surface area contributed by atoms with Gasteiger partial charge in [0.25, 0.3) is 0 Å². The lowest BCUT2D eigenvalue weighted by Gasteiger charge is -2.29. The fourth-order valence-corrected chi connectivity index (χ4v) is 3.96. The van der Waals surface area contributed by atoms with Crippen LogP contribution >= 0.6 is 0 Å². The number of aliphatic hydroxyl groups excluding tert-OH is 1. The van der Waals surface area contributed by atoms with E-state index in [-0.39, 0.29) is 42.1 Å². The highest BCUT2D eigenvalue weighted by Gasteiger charge is 2.43. The molecule has 3 N–H and O–H groups in total. The van der Waals surface area contributed by atoms with Crippen molar-refractivity contribution in [3.63, 3.8) is 0 Å². The van der Waals surface area contributed by atoms with Crippen molar-refractivity contribution in [3.05, 3.63) is 47.5 Å². The second-order valence-corrected chi connectivity index (χ2v) is 7.00. The number of phenolic OH excluding ortho intramolecular Hbond substituents is 2. The molecule has 0 bridgehead atoms. The van der Waals surface area contributed by atoms with Crippen LogP contribution in [0.5, 0.6) is 23.0 Å². The average Bonchev–Trinajstić information content (AvgIpc) is 3.16. The van der Waals surface area contributed by atoms with E-state index < -0.39 is 0 Å². The summed E-state index contributed by atoms with van der Waals surface area (Å²) >= 11 is 0. The van der Waals surface area contributed by atoms with Gasteiger partial charge in [-0.2, -0.15) is 0 Å². The van der Waals surface area contributed by atoms with Crippen molar-refractivity contribution in [2.75, 3.05) is 34.0 Å². The number of aliphatic hydroxyl groups is 1. The van der Waals surface area contributed by atoms with E-state index >= 15 is 0 Å². The van der Waals surface area contributed by atoms with Gasteiger partial charge in [-0.25, -0.2) is 0 Å². The SMILES string of the molecule is CCOC(c1ccc(O)c(OC)c1)C1COC(c2ccc(O)c(OC)c2)C1CO. The smallest absolute Gasteiger partial charge is 0.160 e. The van der Waals surface area contributed by atoms with Crippen molar-refractivity contribution < 1.29 is 34.3 Å². The normalized spacial score (nSPS) is 22.4. The average molecular weight is 404 g/mol. The molecule has 1 aliphatic heterocycles. The van der Waals surface area contributed by atoms with Crippen LogP contribution in [0, 0.1) is 11.8 Å². The maximum atomic E-state index is 10.2. The summed E-state index contributed by atoms with van der Waals surface area (Å²) in [6, 6.07) is 10.2. The molecule has 158 valence electrons. The molecule has 0 saturated carbocycles. The highest BCUT2D eigenvalue weighted by Crippen LogP contribution is 2.47. The summed E-state index contributed by atoms with van der Waals surface area (Å²) in [4.78, 5) is 0. The number of methoxy groups -OCH3 is 2. The topological polar surface area (TPSA) is 97.6 Å². The standard InChI is InChI=1S/C22H28O7/c1-4-28-22(14-6-8-18(25)20(10-14)27-3)16-12-29-21(15(16)11-23)13-5-7-17(24)19(9-13)26-2/h5-10,15-16,21-25H,4,11-12H2,1-3H3. The van der Waals surface area contributed by atoms with Gasteiger partial charge in [0, 0.05) is 25.0 Å². The van der Waals surface area contributed by atoms with Crippen LogP contribution in [0.3, 0.4) is 0 Å². The van der Waals surface area contributed by atoms with Crippen molar-refractivity contribution in [1.29, 1.82) is 0 Å². The largest absolute Gasteiger partial charge is 0.504 e. The van der Waals surface area contributed by atoms with Crippen molar-refractivity contribution in [2.24, 2.45) is 11.8 Å². The van der Waals surface area contributed by atoms with Gasteiger partial charge in [-0.1, -0.05) is 12.1 Å². The monoisotopic (exact) mass is 404 g/mol. The number of rotatable bonds is 8. The van der Waals surface area contributed by atoms with E-state index in [2.05, 4.69) is 0 Å². The summed E-state index contributed by atoms with van der Waals surface area (Å²) < 4.78 is 22.5. The number of aromatic hydroxyl groups is 2. The van der Waals surface area contributed by atoms with E-state index in [0.717, 1.165) is 11.1 Å². The Morgan fingerprint density at radius 1 is 1.03 bits per heavy atom. The van der Waals surface area contributed by atoms with Crippen molar-refractivity contribution in [1.82, 2.24) is 0 Å². The zero-order chi connectivity index (χ0) is 21.0. The molecule has 0 aliphatic carbocycles. The Balaban J connectivity index is 1.92. The predicted molar refractivity (Wildman–Crippen MR) is 106 cm³/mol. The summed E-state index contributed by atoms with van der Waals surface area (Å²) in [5.41, 5.74) is 1.66. The molecule has 2 aromatic rings. The highest BCUT2D eigenvalue weighted by molar-refractivity contribution is 5.44. The molecule has 0 radical (unpaired) electrons. The summed E-state index contributed by atoms with van der Waals surface area (Å²) in [5, 5.41) is 30.0. The lowest BCUT2D eigenvalue weighted by molar-refractivity contribution is -0.00262. The second kappa shape index (κ2) is 9.35. The minimum atomic E-state index is -0.360. The molecule has 3 rings (SSSR count). The fourth-order valence-electron chi connectivity index (χ4n) is 3.96. The number of phenols is 2. The van der Waals surface area contributed by atoms with E-state index in [4.69, 9.17) is 18.9 Å². The lowest BCUT2D eigenvalue weighted by atomic mass is 9.82. The summed E-state index contributed by atoms with van der Waals surface area (Å²) in [7, 11) is 2.99. The first-order valence-electron chi connectivity index (χ1n) is 9.61. The maximum absolute atomic E-state index is 10.2. The molecule has 0 amide bonds. The van der Waals surface area contributed by atoms with Crippen molar-refractivity contribution in [2.45, 2.75) is 19.1 Å². The van der Waals surface area contributed by atoms with Gasteiger partial charge in [0.05, 0.1) is 33.0 Å². The molecule has 4 atom stereocenters. The molecule has 7 nitrogen and oxygen atoms in total. The molecule has 0 spiro atoms. The molecule has 4 unspecified atom stereocenters. The fraction of sp³-hybridized carbons (Fsp3) is 0.455. The maximum Gasteiger partial charge on any atom is 0.160 e. The molecule has 2 aromatic carbocycles. The van der Waals surface area contributed by atoms with Crippen LogP contribution in [0.1, 0.15) is 30.3 Å². The van der Waals surface area contributed by atoms with Crippen LogP contribution in [0.25, 0.3) is 0 Å². The van der Waals surface area contributed by atoms with Gasteiger partial charge in [-0.05, 0) is 42.3 Å². The third-order valence-corrected chi connectivity index (χ3v) is 5.42. The van der Waals surface area contributed by atoms with Crippen LogP contribution in [-0.2, 0) is 9.47 Å². The Bertz CT molecular complexity index is 823. The molecular weight excluding hydrogens is 376 g/mol. The summed E-state index contributed by atoms with van der Waals surface area (Å²) in [6.07, 6.45) is -0.697. The van der Waals surface area contributed by atoms with Gasteiger partial charge in [-0.3, -0.25) is 0 Å². The third kappa shape index (κ3) is 4.27. The minimum Gasteiger partial charge on any atom is -0.504 e. The van der Waals surface area contributed by atoms with Gasteiger partial charge in [0.1, 0.15) is 0 Å². The molecule has 1 saturated heterocycles. The van der Waals surface area contributed by atoms with Gasteiger partial charge in [0.2, 0.25) is 0 Å². The van der Waals surface area contributed by atoms with Crippen LogP contribution in [0.2, 0.25) is 0 Å². The Kier molecular flexibility index (Phi) is 6.84. The Morgan fingerprint density at radius 2 is 1.69 bits per heavy atom. The zero-order valence-corrected chi connectivity index (χ0v) is 16.9. The summed E-state index contributed by atoms with van der Waals surface area (Å²) in [6.45, 7) is 2.71. The zero-order valence-electron chi connectivity index (χ0n) is 16.9. The molecular formula is C22H28O7. The van der Waals surface area contributed by atoms with Crippen LogP contribution in [0.15, 0.2) is 36.4 Å². The lowest BCUT2D eigenvalue weighted by Crippen LogP contribution is -2.26. The van der Waals surface area contributed by atoms with E-state index in [1.165, 1.54) is 14.2 Å². The molecule has 29 heavy (non-hydrogen) atoms. The van der Waals surface area contributed by atoms with E-state index in [0.29, 0.717) is 24.7 Å². The predicted octanol–water partition coefficient (Wildman–Crippen LogP) is 3.19.